The van der Waals surface area contributed by atoms with E-state index < -0.39 is 17.5 Å². The number of ether oxygens (including phenoxy) is 3. The van der Waals surface area contributed by atoms with Crippen LogP contribution in [-0.2, 0) is 4.79 Å². The fraction of sp³-hybridized carbons (Fsp3) is 0.238. The first-order valence-corrected chi connectivity index (χ1v) is 9.03. The van der Waals surface area contributed by atoms with Gasteiger partial charge in [0.05, 0.1) is 19.6 Å². The number of hydrogen-bond acceptors (Lipinski definition) is 6. The molecule has 0 spiro atoms. The first-order chi connectivity index (χ1) is 13.8. The van der Waals surface area contributed by atoms with Crippen LogP contribution in [0.4, 0.5) is 0 Å². The molecular formula is C21H19ClO7. The van der Waals surface area contributed by atoms with Crippen molar-refractivity contribution in [2.24, 2.45) is 0 Å². The van der Waals surface area contributed by atoms with Gasteiger partial charge in [0.2, 0.25) is 11.2 Å². The molecule has 0 radical (unpaired) electrons. The Kier molecular flexibility index (Phi) is 5.70. The molecule has 0 aliphatic rings. The number of benzene rings is 2. The molecule has 7 nitrogen and oxygen atoms in total. The van der Waals surface area contributed by atoms with Crippen LogP contribution in [0.1, 0.15) is 12.5 Å². The van der Waals surface area contributed by atoms with Crippen molar-refractivity contribution in [1.82, 2.24) is 0 Å². The van der Waals surface area contributed by atoms with E-state index >= 15 is 0 Å². The molecule has 8 heteroatoms. The largest absolute Gasteiger partial charge is 0.493 e. The summed E-state index contributed by atoms with van der Waals surface area (Å²) in [4.78, 5) is 24.4. The summed E-state index contributed by atoms with van der Waals surface area (Å²) in [6.07, 6.45) is -1.27. The van der Waals surface area contributed by atoms with Crippen molar-refractivity contribution >= 4 is 28.5 Å². The van der Waals surface area contributed by atoms with Crippen molar-refractivity contribution < 1.29 is 28.5 Å². The first kappa shape index (κ1) is 20.5. The van der Waals surface area contributed by atoms with E-state index in [1.807, 2.05) is 0 Å². The number of rotatable bonds is 6. The van der Waals surface area contributed by atoms with Gasteiger partial charge in [0, 0.05) is 10.6 Å². The Morgan fingerprint density at radius 2 is 1.83 bits per heavy atom. The Labute approximate surface area is 171 Å². The minimum absolute atomic E-state index is 0.0817. The van der Waals surface area contributed by atoms with Gasteiger partial charge in [-0.1, -0.05) is 11.6 Å². The SMILES string of the molecule is COc1ccc(-c2oc3cc(C)c(Cl)cc3c(=O)c2O[C@H](C)C(=O)O)cc1OC. The molecule has 0 amide bonds. The minimum atomic E-state index is -1.27. The van der Waals surface area contributed by atoms with Gasteiger partial charge in [0.25, 0.3) is 0 Å². The van der Waals surface area contributed by atoms with Crippen LogP contribution in [0.2, 0.25) is 5.02 Å². The van der Waals surface area contributed by atoms with Gasteiger partial charge in [-0.15, -0.1) is 0 Å². The highest BCUT2D eigenvalue weighted by Crippen LogP contribution is 2.37. The summed E-state index contributed by atoms with van der Waals surface area (Å²) in [5.74, 6) is -0.455. The van der Waals surface area contributed by atoms with Crippen molar-refractivity contribution in [3.8, 4) is 28.6 Å². The topological polar surface area (TPSA) is 95.2 Å². The second-order valence-electron chi connectivity index (χ2n) is 6.36. The number of methoxy groups -OCH3 is 2. The molecule has 2 aromatic carbocycles. The standard InChI is InChI=1S/C21H19ClO7/c1-10-7-16-13(9-14(10)22)18(23)20(28-11(2)21(24)25)19(29-16)12-5-6-15(26-3)17(8-12)27-4/h5-9,11H,1-4H3,(H,24,25)/t11-/m1/s1. The van der Waals surface area contributed by atoms with E-state index in [1.165, 1.54) is 27.2 Å². The maximum atomic E-state index is 13.1. The molecule has 0 unspecified atom stereocenters. The lowest BCUT2D eigenvalue weighted by atomic mass is 10.1. The Hall–Kier alpha value is -3.19. The Morgan fingerprint density at radius 1 is 1.14 bits per heavy atom. The van der Waals surface area contributed by atoms with Crippen molar-refractivity contribution in [2.45, 2.75) is 20.0 Å². The molecule has 0 saturated carbocycles. The highest BCUT2D eigenvalue weighted by atomic mass is 35.5. The van der Waals surface area contributed by atoms with Gasteiger partial charge >= 0.3 is 5.97 Å². The molecule has 1 atom stereocenters. The molecule has 152 valence electrons. The second-order valence-corrected chi connectivity index (χ2v) is 6.76. The quantitative estimate of drug-likeness (QED) is 0.637. The second kappa shape index (κ2) is 8.05. The normalized spacial score (nSPS) is 11.9. The van der Waals surface area contributed by atoms with E-state index in [-0.39, 0.29) is 16.9 Å². The number of carboxylic acid groups (broad SMARTS) is 1. The van der Waals surface area contributed by atoms with Crippen LogP contribution in [0.15, 0.2) is 39.5 Å². The van der Waals surface area contributed by atoms with E-state index in [4.69, 9.17) is 30.2 Å². The van der Waals surface area contributed by atoms with E-state index in [2.05, 4.69) is 0 Å². The Morgan fingerprint density at radius 3 is 2.45 bits per heavy atom. The monoisotopic (exact) mass is 418 g/mol. The predicted molar refractivity (Wildman–Crippen MR) is 108 cm³/mol. The summed E-state index contributed by atoms with van der Waals surface area (Å²) in [6.45, 7) is 3.11. The third-order valence-corrected chi connectivity index (χ3v) is 4.83. The number of halogens is 1. The molecule has 3 rings (SSSR count). The van der Waals surface area contributed by atoms with Gasteiger partial charge in [0.15, 0.2) is 23.4 Å². The van der Waals surface area contributed by atoms with Crippen molar-refractivity contribution in [2.75, 3.05) is 14.2 Å². The van der Waals surface area contributed by atoms with Gasteiger partial charge in [-0.2, -0.15) is 0 Å². The molecular weight excluding hydrogens is 400 g/mol. The fourth-order valence-electron chi connectivity index (χ4n) is 2.80. The lowest BCUT2D eigenvalue weighted by molar-refractivity contribution is -0.144. The van der Waals surface area contributed by atoms with Crippen LogP contribution in [0.5, 0.6) is 17.2 Å². The third-order valence-electron chi connectivity index (χ3n) is 4.42. The zero-order valence-electron chi connectivity index (χ0n) is 16.2. The number of aliphatic carboxylic acids is 1. The molecule has 0 aliphatic carbocycles. The summed E-state index contributed by atoms with van der Waals surface area (Å²) in [5.41, 5.74) is 0.970. The summed E-state index contributed by atoms with van der Waals surface area (Å²) >= 11 is 6.15. The van der Waals surface area contributed by atoms with Crippen LogP contribution in [-0.4, -0.2) is 31.4 Å². The van der Waals surface area contributed by atoms with E-state index in [0.29, 0.717) is 27.7 Å². The zero-order chi connectivity index (χ0) is 21.3. The van der Waals surface area contributed by atoms with Crippen LogP contribution < -0.4 is 19.6 Å². The smallest absolute Gasteiger partial charge is 0.344 e. The van der Waals surface area contributed by atoms with E-state index in [0.717, 1.165) is 5.56 Å². The summed E-state index contributed by atoms with van der Waals surface area (Å²) < 4.78 is 22.0. The average Bonchev–Trinajstić information content (AvgIpc) is 2.70. The maximum Gasteiger partial charge on any atom is 0.344 e. The average molecular weight is 419 g/mol. The van der Waals surface area contributed by atoms with Crippen LogP contribution in [0, 0.1) is 6.92 Å². The first-order valence-electron chi connectivity index (χ1n) is 8.65. The summed E-state index contributed by atoms with van der Waals surface area (Å²) in [7, 11) is 2.98. The number of carboxylic acids is 1. The van der Waals surface area contributed by atoms with Gasteiger partial charge in [0.1, 0.15) is 5.58 Å². The molecule has 0 saturated heterocycles. The van der Waals surface area contributed by atoms with E-state index in [9.17, 15) is 14.7 Å². The number of hydrogen-bond donors (Lipinski definition) is 1. The number of aryl methyl sites for hydroxylation is 1. The predicted octanol–water partition coefficient (Wildman–Crippen LogP) is 4.29. The van der Waals surface area contributed by atoms with Gasteiger partial charge < -0.3 is 23.7 Å². The lowest BCUT2D eigenvalue weighted by Gasteiger charge is -2.15. The van der Waals surface area contributed by atoms with Gasteiger partial charge in [-0.05, 0) is 49.7 Å². The number of fused-ring (bicyclic) bond motifs is 1. The van der Waals surface area contributed by atoms with Crippen molar-refractivity contribution in [1.29, 1.82) is 0 Å². The maximum absolute atomic E-state index is 13.1. The third kappa shape index (κ3) is 3.86. The highest BCUT2D eigenvalue weighted by Gasteiger charge is 2.24. The molecule has 1 aromatic heterocycles. The van der Waals surface area contributed by atoms with Crippen molar-refractivity contribution in [3.05, 3.63) is 51.1 Å². The Balaban J connectivity index is 2.32. The molecule has 1 heterocycles. The molecule has 29 heavy (non-hydrogen) atoms. The number of carbonyl (C=O) groups is 1. The molecule has 3 aromatic rings. The van der Waals surface area contributed by atoms with Gasteiger partial charge in [-0.25, -0.2) is 4.79 Å². The van der Waals surface area contributed by atoms with Gasteiger partial charge in [-0.3, -0.25) is 4.79 Å². The molecule has 0 bridgehead atoms. The zero-order valence-corrected chi connectivity index (χ0v) is 17.0. The van der Waals surface area contributed by atoms with E-state index in [1.54, 1.807) is 31.2 Å². The molecule has 1 N–H and O–H groups in total. The van der Waals surface area contributed by atoms with Crippen LogP contribution >= 0.6 is 11.6 Å². The highest BCUT2D eigenvalue weighted by molar-refractivity contribution is 6.32. The Bertz CT molecular complexity index is 1150. The molecule has 0 aliphatic heterocycles. The minimum Gasteiger partial charge on any atom is -0.493 e. The lowest BCUT2D eigenvalue weighted by Crippen LogP contribution is -2.26. The fourth-order valence-corrected chi connectivity index (χ4v) is 2.96. The van der Waals surface area contributed by atoms with Crippen molar-refractivity contribution in [3.63, 3.8) is 0 Å². The summed E-state index contributed by atoms with van der Waals surface area (Å²) in [5, 5.41) is 9.81. The van der Waals surface area contributed by atoms with Crippen LogP contribution in [0.25, 0.3) is 22.3 Å². The summed E-state index contributed by atoms with van der Waals surface area (Å²) in [6, 6.07) is 8.05. The van der Waals surface area contributed by atoms with Crippen LogP contribution in [0.3, 0.4) is 0 Å². The molecule has 0 fully saturated rings.